The van der Waals surface area contributed by atoms with Gasteiger partial charge in [-0.1, -0.05) is 0 Å². The van der Waals surface area contributed by atoms with Gasteiger partial charge < -0.3 is 19.3 Å². The number of fused-ring (bicyclic) bond motifs is 1. The van der Waals surface area contributed by atoms with Crippen LogP contribution in [0.25, 0.3) is 0 Å². The number of hydrogen-bond acceptors (Lipinski definition) is 5. The molecule has 0 saturated carbocycles. The molecule has 0 aromatic carbocycles. The van der Waals surface area contributed by atoms with Crippen LogP contribution in [0.3, 0.4) is 0 Å². The molecule has 0 spiro atoms. The highest BCUT2D eigenvalue weighted by Gasteiger charge is 2.50. The van der Waals surface area contributed by atoms with Crippen molar-refractivity contribution in [3.63, 3.8) is 0 Å². The van der Waals surface area contributed by atoms with Gasteiger partial charge in [0.15, 0.2) is 18.5 Å². The first-order valence-corrected chi connectivity index (χ1v) is 4.21. The van der Waals surface area contributed by atoms with Crippen LogP contribution in [0.15, 0.2) is 0 Å². The van der Waals surface area contributed by atoms with Crippen LogP contribution < -0.4 is 0 Å². The summed E-state index contributed by atoms with van der Waals surface area (Å²) in [6.45, 7) is 3.66. The average molecular weight is 188 g/mol. The Hall–Kier alpha value is -0.810. The molecule has 2 rings (SSSR count). The van der Waals surface area contributed by atoms with Crippen LogP contribution in [0.1, 0.15) is 20.3 Å². The molecular formula is C8H12O5. The number of rotatable bonds is 0. The molecule has 2 aliphatic heterocycles. The van der Waals surface area contributed by atoms with E-state index in [0.29, 0.717) is 6.42 Å². The standard InChI is InChI=1S/C8H12O5/c1-8(2)3-4-5(6(9)13-8)12-7(10)11-4/h4-6,9H,3H2,1-2H3/t4-,5?,6-/m0/s1. The fourth-order valence-electron chi connectivity index (χ4n) is 1.73. The molecule has 2 heterocycles. The van der Waals surface area contributed by atoms with Crippen molar-refractivity contribution >= 4 is 6.16 Å². The topological polar surface area (TPSA) is 65.0 Å². The molecular weight excluding hydrogens is 176 g/mol. The summed E-state index contributed by atoms with van der Waals surface area (Å²) in [6.07, 6.45) is -2.32. The zero-order chi connectivity index (χ0) is 9.64. The lowest BCUT2D eigenvalue weighted by atomic mass is 9.94. The molecule has 5 nitrogen and oxygen atoms in total. The normalized spacial score (nSPS) is 42.1. The summed E-state index contributed by atoms with van der Waals surface area (Å²) in [5.41, 5.74) is -0.478. The molecule has 1 unspecified atom stereocenters. The zero-order valence-electron chi connectivity index (χ0n) is 7.52. The summed E-state index contributed by atoms with van der Waals surface area (Å²) in [5.74, 6) is 0. The predicted octanol–water partition coefficient (Wildman–Crippen LogP) is 0.408. The minimum absolute atomic E-state index is 0.383. The Balaban J connectivity index is 2.15. The van der Waals surface area contributed by atoms with E-state index in [4.69, 9.17) is 14.2 Å². The van der Waals surface area contributed by atoms with Crippen LogP contribution in [0.2, 0.25) is 0 Å². The highest BCUT2D eigenvalue weighted by atomic mass is 16.8. The molecule has 2 saturated heterocycles. The third-order valence-electron chi connectivity index (χ3n) is 2.26. The van der Waals surface area contributed by atoms with Gasteiger partial charge in [-0.2, -0.15) is 0 Å². The van der Waals surface area contributed by atoms with Gasteiger partial charge in [-0.25, -0.2) is 4.79 Å². The zero-order valence-corrected chi connectivity index (χ0v) is 7.52. The largest absolute Gasteiger partial charge is 0.509 e. The number of hydrogen-bond donors (Lipinski definition) is 1. The molecule has 13 heavy (non-hydrogen) atoms. The summed E-state index contributed by atoms with van der Waals surface area (Å²) >= 11 is 0. The number of aliphatic hydroxyl groups is 1. The van der Waals surface area contributed by atoms with E-state index >= 15 is 0 Å². The molecule has 0 aromatic heterocycles. The van der Waals surface area contributed by atoms with Crippen molar-refractivity contribution in [2.75, 3.05) is 0 Å². The van der Waals surface area contributed by atoms with E-state index < -0.39 is 24.2 Å². The van der Waals surface area contributed by atoms with Crippen LogP contribution in [0.4, 0.5) is 4.79 Å². The third-order valence-corrected chi connectivity index (χ3v) is 2.26. The van der Waals surface area contributed by atoms with Gasteiger partial charge in [-0.3, -0.25) is 0 Å². The molecule has 0 aromatic rings. The van der Waals surface area contributed by atoms with Crippen LogP contribution in [-0.2, 0) is 14.2 Å². The van der Waals surface area contributed by atoms with Crippen LogP contribution in [0, 0.1) is 0 Å². The maximum atomic E-state index is 10.8. The summed E-state index contributed by atoms with van der Waals surface area (Å²) in [6, 6.07) is 0. The van der Waals surface area contributed by atoms with Gasteiger partial charge in [0.05, 0.1) is 5.60 Å². The second-order valence-corrected chi connectivity index (χ2v) is 3.96. The van der Waals surface area contributed by atoms with Crippen molar-refractivity contribution in [2.24, 2.45) is 0 Å². The van der Waals surface area contributed by atoms with Gasteiger partial charge in [0.1, 0.15) is 0 Å². The Bertz CT molecular complexity index is 237. The van der Waals surface area contributed by atoms with E-state index in [1.54, 1.807) is 0 Å². The Morgan fingerprint density at radius 1 is 1.46 bits per heavy atom. The molecule has 5 heteroatoms. The van der Waals surface area contributed by atoms with E-state index in [9.17, 15) is 9.90 Å². The Morgan fingerprint density at radius 2 is 2.15 bits per heavy atom. The quantitative estimate of drug-likeness (QED) is 0.558. The Labute approximate surface area is 75.6 Å². The summed E-state index contributed by atoms with van der Waals surface area (Å²) in [4.78, 5) is 10.8. The number of aliphatic hydroxyl groups excluding tert-OH is 1. The first kappa shape index (κ1) is 8.77. The monoisotopic (exact) mass is 188 g/mol. The van der Waals surface area contributed by atoms with Gasteiger partial charge in [-0.15, -0.1) is 0 Å². The molecule has 0 aliphatic carbocycles. The maximum absolute atomic E-state index is 10.8. The average Bonchev–Trinajstić information content (AvgIpc) is 2.27. The fraction of sp³-hybridized carbons (Fsp3) is 0.875. The number of ether oxygens (including phenoxy) is 3. The smallest absolute Gasteiger partial charge is 0.427 e. The van der Waals surface area contributed by atoms with Crippen LogP contribution in [-0.4, -0.2) is 35.4 Å². The number of carbonyl (C=O) groups excluding carboxylic acids is 1. The SMILES string of the molecule is CC1(C)C[C@@H]2OC(=O)OC2[C@@H](O)O1. The fourth-order valence-corrected chi connectivity index (χ4v) is 1.73. The minimum atomic E-state index is -1.08. The molecule has 3 atom stereocenters. The summed E-state index contributed by atoms with van der Waals surface area (Å²) in [7, 11) is 0. The molecule has 0 amide bonds. The molecule has 2 aliphatic rings. The molecule has 0 radical (unpaired) electrons. The van der Waals surface area contributed by atoms with Gasteiger partial charge in [-0.05, 0) is 13.8 Å². The Kier molecular flexibility index (Phi) is 1.75. The minimum Gasteiger partial charge on any atom is -0.427 e. The number of carbonyl (C=O) groups is 1. The molecule has 0 bridgehead atoms. The summed E-state index contributed by atoms with van der Waals surface area (Å²) < 4.78 is 14.8. The lowest BCUT2D eigenvalue weighted by molar-refractivity contribution is -0.249. The van der Waals surface area contributed by atoms with Gasteiger partial charge >= 0.3 is 6.16 Å². The highest BCUT2D eigenvalue weighted by molar-refractivity contribution is 5.62. The van der Waals surface area contributed by atoms with Crippen LogP contribution in [0.5, 0.6) is 0 Å². The van der Waals surface area contributed by atoms with Crippen molar-refractivity contribution in [3.05, 3.63) is 0 Å². The second-order valence-electron chi connectivity index (χ2n) is 3.96. The maximum Gasteiger partial charge on any atom is 0.509 e. The van der Waals surface area contributed by atoms with E-state index in [-0.39, 0.29) is 6.10 Å². The van der Waals surface area contributed by atoms with Gasteiger partial charge in [0.2, 0.25) is 0 Å². The van der Waals surface area contributed by atoms with Gasteiger partial charge in [0, 0.05) is 6.42 Å². The van der Waals surface area contributed by atoms with E-state index in [1.807, 2.05) is 13.8 Å². The van der Waals surface area contributed by atoms with Crippen molar-refractivity contribution in [2.45, 2.75) is 44.4 Å². The highest BCUT2D eigenvalue weighted by Crippen LogP contribution is 2.34. The van der Waals surface area contributed by atoms with Crippen LogP contribution >= 0.6 is 0 Å². The predicted molar refractivity (Wildman–Crippen MR) is 40.9 cm³/mol. The molecule has 2 fully saturated rings. The van der Waals surface area contributed by atoms with Gasteiger partial charge in [0.25, 0.3) is 0 Å². The van der Waals surface area contributed by atoms with E-state index in [0.717, 1.165) is 0 Å². The lowest BCUT2D eigenvalue weighted by Crippen LogP contribution is -2.50. The summed E-state index contributed by atoms with van der Waals surface area (Å²) in [5, 5.41) is 9.45. The lowest BCUT2D eigenvalue weighted by Gasteiger charge is -2.37. The second kappa shape index (κ2) is 2.59. The van der Waals surface area contributed by atoms with Crippen molar-refractivity contribution in [1.29, 1.82) is 0 Å². The first-order chi connectivity index (χ1) is 5.98. The van der Waals surface area contributed by atoms with Crippen molar-refractivity contribution in [1.82, 2.24) is 0 Å². The van der Waals surface area contributed by atoms with E-state index in [1.165, 1.54) is 0 Å². The third kappa shape index (κ3) is 1.49. The van der Waals surface area contributed by atoms with Crippen molar-refractivity contribution in [3.8, 4) is 0 Å². The Morgan fingerprint density at radius 3 is 2.85 bits per heavy atom. The van der Waals surface area contributed by atoms with Crippen molar-refractivity contribution < 1.29 is 24.1 Å². The first-order valence-electron chi connectivity index (χ1n) is 4.21. The van der Waals surface area contributed by atoms with E-state index in [2.05, 4.69) is 0 Å². The molecule has 1 N–H and O–H groups in total. The molecule has 74 valence electrons.